The Morgan fingerprint density at radius 3 is 2.74 bits per heavy atom. The normalized spacial score (nSPS) is 12.0. The molecule has 6 nitrogen and oxygen atoms in total. The third-order valence-corrected chi connectivity index (χ3v) is 3.09. The first kappa shape index (κ1) is 15.4. The Balaban J connectivity index is 3.13. The molecule has 0 bridgehead atoms. The molecule has 0 N–H and O–H groups in total. The number of nitro groups is 1. The molecule has 0 fully saturated rings. The molecule has 104 valence electrons. The Morgan fingerprint density at radius 1 is 1.58 bits per heavy atom. The molecule has 19 heavy (non-hydrogen) atoms. The molecular weight excluding hydrogens is 272 g/mol. The van der Waals surface area contributed by atoms with Crippen molar-refractivity contribution >= 4 is 23.2 Å². The zero-order valence-corrected chi connectivity index (χ0v) is 11.7. The van der Waals surface area contributed by atoms with Crippen LogP contribution in [-0.2, 0) is 4.74 Å². The molecule has 1 rings (SSSR count). The lowest BCUT2D eigenvalue weighted by Gasteiger charge is -2.24. The lowest BCUT2D eigenvalue weighted by molar-refractivity contribution is -0.385. The smallest absolute Gasteiger partial charge is 0.300 e. The Kier molecular flexibility index (Phi) is 5.26. The van der Waals surface area contributed by atoms with E-state index in [2.05, 4.69) is 0 Å². The van der Waals surface area contributed by atoms with Gasteiger partial charge in [-0.15, -0.1) is 0 Å². The van der Waals surface area contributed by atoms with E-state index in [1.54, 1.807) is 14.0 Å². The summed E-state index contributed by atoms with van der Waals surface area (Å²) >= 11 is 5.78. The van der Waals surface area contributed by atoms with Gasteiger partial charge in [-0.2, -0.15) is 0 Å². The van der Waals surface area contributed by atoms with E-state index < -0.39 is 10.8 Å². The first-order valence-electron chi connectivity index (χ1n) is 5.59. The number of hydrogen-bond acceptors (Lipinski definition) is 4. The van der Waals surface area contributed by atoms with E-state index in [1.807, 2.05) is 0 Å². The number of hydrogen-bond donors (Lipinski definition) is 0. The van der Waals surface area contributed by atoms with Crippen LogP contribution in [0.3, 0.4) is 0 Å². The number of likely N-dealkylation sites (N-methyl/N-ethyl adjacent to an activating group) is 1. The summed E-state index contributed by atoms with van der Waals surface area (Å²) in [6.45, 7) is 2.13. The molecule has 1 aromatic carbocycles. The fraction of sp³-hybridized carbons (Fsp3) is 0.417. The van der Waals surface area contributed by atoms with Gasteiger partial charge < -0.3 is 9.64 Å². The molecule has 0 aromatic heterocycles. The Labute approximate surface area is 116 Å². The van der Waals surface area contributed by atoms with Crippen LogP contribution < -0.4 is 0 Å². The molecule has 0 aliphatic heterocycles. The molecule has 1 unspecified atom stereocenters. The van der Waals surface area contributed by atoms with Crippen molar-refractivity contribution in [3.05, 3.63) is 38.9 Å². The van der Waals surface area contributed by atoms with Crippen LogP contribution in [0.1, 0.15) is 17.3 Å². The van der Waals surface area contributed by atoms with Gasteiger partial charge in [-0.3, -0.25) is 14.9 Å². The minimum absolute atomic E-state index is 0.0250. The van der Waals surface area contributed by atoms with E-state index in [-0.39, 0.29) is 22.3 Å². The fourth-order valence-corrected chi connectivity index (χ4v) is 1.86. The molecule has 0 heterocycles. The Bertz CT molecular complexity index is 493. The summed E-state index contributed by atoms with van der Waals surface area (Å²) in [5, 5.41) is 10.9. The number of carbonyl (C=O) groups is 1. The molecule has 1 aromatic rings. The molecule has 0 radical (unpaired) electrons. The monoisotopic (exact) mass is 286 g/mol. The molecule has 1 atom stereocenters. The topological polar surface area (TPSA) is 72.7 Å². The zero-order valence-electron chi connectivity index (χ0n) is 10.9. The van der Waals surface area contributed by atoms with Crippen molar-refractivity contribution < 1.29 is 14.5 Å². The number of benzene rings is 1. The zero-order chi connectivity index (χ0) is 14.6. The predicted octanol–water partition coefficient (Wildman–Crippen LogP) is 2.36. The van der Waals surface area contributed by atoms with Crippen molar-refractivity contribution in [3.8, 4) is 0 Å². The summed E-state index contributed by atoms with van der Waals surface area (Å²) < 4.78 is 4.96. The number of halogens is 1. The first-order chi connectivity index (χ1) is 8.90. The fourth-order valence-electron chi connectivity index (χ4n) is 1.62. The second-order valence-corrected chi connectivity index (χ2v) is 4.52. The van der Waals surface area contributed by atoms with Gasteiger partial charge in [0.1, 0.15) is 10.6 Å². The van der Waals surface area contributed by atoms with Crippen molar-refractivity contribution in [1.29, 1.82) is 0 Å². The number of methoxy groups -OCH3 is 1. The number of carbonyl (C=O) groups excluding carboxylic acids is 1. The van der Waals surface area contributed by atoms with Crippen molar-refractivity contribution in [2.45, 2.75) is 13.0 Å². The lowest BCUT2D eigenvalue weighted by Crippen LogP contribution is -2.38. The van der Waals surface area contributed by atoms with Crippen LogP contribution in [0.5, 0.6) is 0 Å². The van der Waals surface area contributed by atoms with Gasteiger partial charge in [0, 0.05) is 14.2 Å². The standard InChI is InChI=1S/C12H15ClN2O4/c1-8(7-19-3)14(2)12(16)9-5-4-6-10(13)11(9)15(17)18/h4-6,8H,7H2,1-3H3. The minimum Gasteiger partial charge on any atom is -0.383 e. The number of nitrogens with zero attached hydrogens (tertiary/aromatic N) is 2. The highest BCUT2D eigenvalue weighted by Crippen LogP contribution is 2.29. The summed E-state index contributed by atoms with van der Waals surface area (Å²) in [4.78, 5) is 24.0. The number of para-hydroxylation sites is 1. The van der Waals surface area contributed by atoms with E-state index >= 15 is 0 Å². The van der Waals surface area contributed by atoms with E-state index in [4.69, 9.17) is 16.3 Å². The second-order valence-electron chi connectivity index (χ2n) is 4.11. The largest absolute Gasteiger partial charge is 0.383 e. The average Bonchev–Trinajstić information content (AvgIpc) is 2.36. The highest BCUT2D eigenvalue weighted by atomic mass is 35.5. The van der Waals surface area contributed by atoms with E-state index in [9.17, 15) is 14.9 Å². The SMILES string of the molecule is COCC(C)N(C)C(=O)c1cccc(Cl)c1[N+](=O)[O-]. The van der Waals surface area contributed by atoms with Gasteiger partial charge in [0.2, 0.25) is 0 Å². The van der Waals surface area contributed by atoms with Crippen LogP contribution in [0, 0.1) is 10.1 Å². The van der Waals surface area contributed by atoms with Crippen molar-refractivity contribution in [2.24, 2.45) is 0 Å². The third kappa shape index (κ3) is 3.42. The van der Waals surface area contributed by atoms with Crippen LogP contribution >= 0.6 is 11.6 Å². The Hall–Kier alpha value is -1.66. The summed E-state index contributed by atoms with van der Waals surface area (Å²) in [5.74, 6) is -0.459. The highest BCUT2D eigenvalue weighted by molar-refractivity contribution is 6.33. The first-order valence-corrected chi connectivity index (χ1v) is 5.97. The van der Waals surface area contributed by atoms with Gasteiger partial charge in [-0.1, -0.05) is 17.7 Å². The maximum absolute atomic E-state index is 12.2. The van der Waals surface area contributed by atoms with E-state index in [0.29, 0.717) is 6.61 Å². The predicted molar refractivity (Wildman–Crippen MR) is 71.5 cm³/mol. The maximum Gasteiger partial charge on any atom is 0.300 e. The lowest BCUT2D eigenvalue weighted by atomic mass is 10.1. The highest BCUT2D eigenvalue weighted by Gasteiger charge is 2.27. The van der Waals surface area contributed by atoms with Gasteiger partial charge in [0.25, 0.3) is 5.91 Å². The van der Waals surface area contributed by atoms with Gasteiger partial charge in [0.15, 0.2) is 0 Å². The summed E-state index contributed by atoms with van der Waals surface area (Å²) in [6.07, 6.45) is 0. The molecule has 0 saturated carbocycles. The minimum atomic E-state index is -0.648. The molecule has 0 aliphatic rings. The molecule has 1 amide bonds. The van der Waals surface area contributed by atoms with Gasteiger partial charge in [-0.05, 0) is 19.1 Å². The van der Waals surface area contributed by atoms with Gasteiger partial charge >= 0.3 is 5.69 Å². The van der Waals surface area contributed by atoms with Crippen LogP contribution in [0.2, 0.25) is 5.02 Å². The summed E-state index contributed by atoms with van der Waals surface area (Å²) in [7, 11) is 3.09. The van der Waals surface area contributed by atoms with Crippen LogP contribution in [-0.4, -0.2) is 42.5 Å². The molecular formula is C12H15ClN2O4. The van der Waals surface area contributed by atoms with Gasteiger partial charge in [0.05, 0.1) is 17.6 Å². The third-order valence-electron chi connectivity index (χ3n) is 2.79. The number of amides is 1. The summed E-state index contributed by atoms with van der Waals surface area (Å²) in [5.41, 5.74) is -0.395. The summed E-state index contributed by atoms with van der Waals surface area (Å²) in [6, 6.07) is 4.09. The number of rotatable bonds is 5. The molecule has 0 saturated heterocycles. The van der Waals surface area contributed by atoms with Crippen LogP contribution in [0.25, 0.3) is 0 Å². The molecule has 0 aliphatic carbocycles. The van der Waals surface area contributed by atoms with E-state index in [1.165, 1.54) is 30.2 Å². The van der Waals surface area contributed by atoms with E-state index in [0.717, 1.165) is 0 Å². The quantitative estimate of drug-likeness (QED) is 0.615. The van der Waals surface area contributed by atoms with Crippen LogP contribution in [0.4, 0.5) is 5.69 Å². The number of ether oxygens (including phenoxy) is 1. The second kappa shape index (κ2) is 6.49. The van der Waals surface area contributed by atoms with Crippen molar-refractivity contribution in [1.82, 2.24) is 4.90 Å². The Morgan fingerprint density at radius 2 is 2.21 bits per heavy atom. The molecule has 0 spiro atoms. The van der Waals surface area contributed by atoms with Crippen molar-refractivity contribution in [2.75, 3.05) is 20.8 Å². The van der Waals surface area contributed by atoms with Crippen molar-refractivity contribution in [3.63, 3.8) is 0 Å². The van der Waals surface area contributed by atoms with Crippen LogP contribution in [0.15, 0.2) is 18.2 Å². The number of nitro benzene ring substituents is 1. The average molecular weight is 287 g/mol. The molecule has 7 heteroatoms. The van der Waals surface area contributed by atoms with Gasteiger partial charge in [-0.25, -0.2) is 0 Å². The maximum atomic E-state index is 12.2.